The summed E-state index contributed by atoms with van der Waals surface area (Å²) in [5, 5.41) is 0. The number of nitrogens with two attached hydrogens (primary N) is 2. The van der Waals surface area contributed by atoms with Gasteiger partial charge in [0.1, 0.15) is 5.75 Å². The number of benzene rings is 1. The lowest BCUT2D eigenvalue weighted by Crippen LogP contribution is -2.23. The van der Waals surface area contributed by atoms with Crippen molar-refractivity contribution in [2.75, 3.05) is 0 Å². The fourth-order valence-electron chi connectivity index (χ4n) is 1.85. The van der Waals surface area contributed by atoms with Gasteiger partial charge in [-0.1, -0.05) is 18.2 Å². The molecule has 1 aromatic rings. The second kappa shape index (κ2) is 4.40. The molecule has 2 unspecified atom stereocenters. The van der Waals surface area contributed by atoms with Crippen LogP contribution in [0.15, 0.2) is 29.3 Å². The van der Waals surface area contributed by atoms with Gasteiger partial charge in [-0.2, -0.15) is 0 Å². The third-order valence-corrected chi connectivity index (χ3v) is 2.62. The molecule has 1 aromatic carbocycles. The van der Waals surface area contributed by atoms with Crippen LogP contribution >= 0.6 is 0 Å². The van der Waals surface area contributed by atoms with E-state index in [0.717, 1.165) is 0 Å². The first-order valence-electron chi connectivity index (χ1n) is 5.30. The number of rotatable bonds is 3. The second-order valence-corrected chi connectivity index (χ2v) is 4.05. The van der Waals surface area contributed by atoms with Crippen molar-refractivity contribution in [3.8, 4) is 5.75 Å². The molecule has 0 aliphatic heterocycles. The molecule has 18 heavy (non-hydrogen) atoms. The molecule has 0 amide bonds. The molecule has 1 aliphatic carbocycles. The molecule has 4 nitrogen and oxygen atoms in total. The van der Waals surface area contributed by atoms with E-state index >= 15 is 0 Å². The van der Waals surface area contributed by atoms with Gasteiger partial charge in [-0.15, -0.1) is 13.2 Å². The van der Waals surface area contributed by atoms with Crippen molar-refractivity contribution in [2.24, 2.45) is 16.5 Å². The van der Waals surface area contributed by atoms with Crippen molar-refractivity contribution in [1.82, 2.24) is 0 Å². The van der Waals surface area contributed by atoms with E-state index < -0.39 is 6.36 Å². The SMILES string of the molecule is NC(N)=NC1CC1c1ccccc1OC(F)(F)F. The topological polar surface area (TPSA) is 73.6 Å². The van der Waals surface area contributed by atoms with E-state index in [0.29, 0.717) is 12.0 Å². The summed E-state index contributed by atoms with van der Waals surface area (Å²) in [5.41, 5.74) is 10.9. The van der Waals surface area contributed by atoms with Gasteiger partial charge in [0.2, 0.25) is 0 Å². The molecule has 98 valence electrons. The van der Waals surface area contributed by atoms with Crippen molar-refractivity contribution >= 4 is 5.96 Å². The third kappa shape index (κ3) is 3.06. The third-order valence-electron chi connectivity index (χ3n) is 2.62. The highest BCUT2D eigenvalue weighted by Crippen LogP contribution is 2.47. The predicted octanol–water partition coefficient (Wildman–Crippen LogP) is 1.71. The number of hydrogen-bond acceptors (Lipinski definition) is 2. The lowest BCUT2D eigenvalue weighted by molar-refractivity contribution is -0.274. The fourth-order valence-corrected chi connectivity index (χ4v) is 1.85. The number of ether oxygens (including phenoxy) is 1. The lowest BCUT2D eigenvalue weighted by Gasteiger charge is -2.12. The van der Waals surface area contributed by atoms with E-state index in [4.69, 9.17) is 11.5 Å². The molecule has 7 heteroatoms. The van der Waals surface area contributed by atoms with E-state index in [9.17, 15) is 13.2 Å². The quantitative estimate of drug-likeness (QED) is 0.641. The normalized spacial score (nSPS) is 22.4. The number of alkyl halides is 3. The Bertz CT molecular complexity index is 469. The van der Waals surface area contributed by atoms with Crippen molar-refractivity contribution in [2.45, 2.75) is 24.7 Å². The number of halogens is 3. The van der Waals surface area contributed by atoms with Gasteiger partial charge in [0.25, 0.3) is 0 Å². The number of nitrogens with zero attached hydrogens (tertiary/aromatic N) is 1. The van der Waals surface area contributed by atoms with Crippen LogP contribution in [0.4, 0.5) is 13.2 Å². The second-order valence-electron chi connectivity index (χ2n) is 4.05. The van der Waals surface area contributed by atoms with Gasteiger partial charge >= 0.3 is 6.36 Å². The fraction of sp³-hybridized carbons (Fsp3) is 0.364. The van der Waals surface area contributed by atoms with Crippen molar-refractivity contribution in [3.05, 3.63) is 29.8 Å². The number of hydrogen-bond donors (Lipinski definition) is 2. The Morgan fingerprint density at radius 2 is 1.94 bits per heavy atom. The van der Waals surface area contributed by atoms with Gasteiger partial charge in [-0.05, 0) is 18.1 Å². The average Bonchev–Trinajstić information content (AvgIpc) is 2.94. The molecule has 2 atom stereocenters. The van der Waals surface area contributed by atoms with Crippen LogP contribution in [0.5, 0.6) is 5.75 Å². The van der Waals surface area contributed by atoms with Gasteiger partial charge < -0.3 is 16.2 Å². The van der Waals surface area contributed by atoms with Gasteiger partial charge in [0.05, 0.1) is 6.04 Å². The molecule has 1 aliphatic rings. The molecular weight excluding hydrogens is 247 g/mol. The van der Waals surface area contributed by atoms with Crippen LogP contribution in [0.3, 0.4) is 0 Å². The Labute approximate surface area is 101 Å². The number of guanidine groups is 1. The molecule has 0 heterocycles. The summed E-state index contributed by atoms with van der Waals surface area (Å²) in [7, 11) is 0. The molecule has 1 fully saturated rings. The summed E-state index contributed by atoms with van der Waals surface area (Å²) >= 11 is 0. The molecule has 1 saturated carbocycles. The number of aliphatic imine (C=N–C) groups is 1. The van der Waals surface area contributed by atoms with Crippen LogP contribution in [0.2, 0.25) is 0 Å². The minimum absolute atomic E-state index is 0.0586. The van der Waals surface area contributed by atoms with Crippen LogP contribution in [0, 0.1) is 0 Å². The van der Waals surface area contributed by atoms with E-state index in [1.54, 1.807) is 12.1 Å². The first kappa shape index (κ1) is 12.5. The van der Waals surface area contributed by atoms with Crippen LogP contribution < -0.4 is 16.2 Å². The van der Waals surface area contributed by atoms with Crippen molar-refractivity contribution in [1.29, 1.82) is 0 Å². The molecule has 0 spiro atoms. The van der Waals surface area contributed by atoms with Crippen molar-refractivity contribution in [3.63, 3.8) is 0 Å². The highest BCUT2D eigenvalue weighted by Gasteiger charge is 2.42. The maximum absolute atomic E-state index is 12.2. The van der Waals surface area contributed by atoms with Crippen LogP contribution in [-0.4, -0.2) is 18.4 Å². The van der Waals surface area contributed by atoms with Crippen molar-refractivity contribution < 1.29 is 17.9 Å². The van der Waals surface area contributed by atoms with Crippen LogP contribution in [-0.2, 0) is 0 Å². The zero-order valence-electron chi connectivity index (χ0n) is 9.32. The zero-order valence-corrected chi connectivity index (χ0v) is 9.32. The zero-order chi connectivity index (χ0) is 13.3. The molecule has 0 saturated heterocycles. The summed E-state index contributed by atoms with van der Waals surface area (Å²) in [6, 6.07) is 5.86. The maximum atomic E-state index is 12.2. The lowest BCUT2D eigenvalue weighted by atomic mass is 10.1. The highest BCUT2D eigenvalue weighted by molar-refractivity contribution is 5.76. The Kier molecular flexibility index (Phi) is 3.06. The molecule has 2 rings (SSSR count). The molecular formula is C11H12F3N3O. The minimum Gasteiger partial charge on any atom is -0.405 e. The Hall–Kier alpha value is -1.92. The molecule has 0 bridgehead atoms. The van der Waals surface area contributed by atoms with E-state index in [1.165, 1.54) is 12.1 Å². The van der Waals surface area contributed by atoms with Crippen LogP contribution in [0.1, 0.15) is 17.9 Å². The van der Waals surface area contributed by atoms with Gasteiger partial charge in [0.15, 0.2) is 5.96 Å². The average molecular weight is 259 g/mol. The standard InChI is InChI=1S/C11H12F3N3O/c12-11(13,14)18-9-4-2-1-3-6(9)7-5-8(7)17-10(15)16/h1-4,7-8H,5H2,(H4,15,16,17). The monoisotopic (exact) mass is 259 g/mol. The smallest absolute Gasteiger partial charge is 0.405 e. The first-order valence-corrected chi connectivity index (χ1v) is 5.30. The van der Waals surface area contributed by atoms with E-state index in [1.807, 2.05) is 0 Å². The predicted molar refractivity (Wildman–Crippen MR) is 60.1 cm³/mol. The molecule has 0 aromatic heterocycles. The minimum atomic E-state index is -4.70. The highest BCUT2D eigenvalue weighted by atomic mass is 19.4. The number of para-hydroxylation sites is 1. The first-order chi connectivity index (χ1) is 8.37. The Morgan fingerprint density at radius 1 is 1.28 bits per heavy atom. The maximum Gasteiger partial charge on any atom is 0.573 e. The summed E-state index contributed by atoms with van der Waals surface area (Å²) in [6.07, 6.45) is -4.08. The van der Waals surface area contributed by atoms with Gasteiger partial charge in [-0.3, -0.25) is 0 Å². The van der Waals surface area contributed by atoms with E-state index in [2.05, 4.69) is 9.73 Å². The Balaban J connectivity index is 2.17. The molecule has 0 radical (unpaired) electrons. The summed E-state index contributed by atoms with van der Waals surface area (Å²) in [5.74, 6) is -0.370. The van der Waals surface area contributed by atoms with Crippen LogP contribution in [0.25, 0.3) is 0 Å². The summed E-state index contributed by atoms with van der Waals surface area (Å²) < 4.78 is 40.6. The summed E-state index contributed by atoms with van der Waals surface area (Å²) in [6.45, 7) is 0. The molecule has 4 N–H and O–H groups in total. The van der Waals surface area contributed by atoms with Gasteiger partial charge in [0, 0.05) is 5.92 Å². The Morgan fingerprint density at radius 3 is 2.56 bits per heavy atom. The van der Waals surface area contributed by atoms with E-state index in [-0.39, 0.29) is 23.7 Å². The van der Waals surface area contributed by atoms with Gasteiger partial charge in [-0.25, -0.2) is 4.99 Å². The summed E-state index contributed by atoms with van der Waals surface area (Å²) in [4.78, 5) is 3.92. The largest absolute Gasteiger partial charge is 0.573 e.